The third-order valence-corrected chi connectivity index (χ3v) is 7.07. The maximum Gasteiger partial charge on any atom is 0.245 e. The van der Waals surface area contributed by atoms with Crippen molar-refractivity contribution in [3.05, 3.63) is 65.1 Å². The number of phenols is 1. The average Bonchev–Trinajstić information content (AvgIpc) is 3.18. The molecule has 3 aromatic rings. The minimum absolute atomic E-state index is 0.0592. The maximum absolute atomic E-state index is 13.0. The number of ketones is 1. The van der Waals surface area contributed by atoms with Gasteiger partial charge in [0.05, 0.1) is 17.3 Å². The van der Waals surface area contributed by atoms with Gasteiger partial charge in [-0.3, -0.25) is 4.79 Å². The van der Waals surface area contributed by atoms with Gasteiger partial charge in [0, 0.05) is 29.5 Å². The molecule has 1 aromatic carbocycles. The normalized spacial score (nSPS) is 12.1. The van der Waals surface area contributed by atoms with E-state index in [4.69, 9.17) is 11.6 Å². The van der Waals surface area contributed by atoms with Gasteiger partial charge in [0.1, 0.15) is 10.6 Å². The van der Waals surface area contributed by atoms with Crippen molar-refractivity contribution < 1.29 is 18.3 Å². The van der Waals surface area contributed by atoms with Crippen molar-refractivity contribution in [3.63, 3.8) is 0 Å². The predicted octanol–water partition coefficient (Wildman–Crippen LogP) is 3.66. The van der Waals surface area contributed by atoms with Crippen molar-refractivity contribution in [3.8, 4) is 11.6 Å². The first-order valence-electron chi connectivity index (χ1n) is 9.60. The zero-order valence-corrected chi connectivity index (χ0v) is 19.1. The molecule has 164 valence electrons. The van der Waals surface area contributed by atoms with Gasteiger partial charge in [-0.25, -0.2) is 18.1 Å². The lowest BCUT2D eigenvalue weighted by atomic mass is 10.1. The van der Waals surface area contributed by atoms with E-state index < -0.39 is 15.8 Å². The minimum atomic E-state index is -3.70. The number of rotatable bonds is 7. The Morgan fingerprint density at radius 2 is 1.77 bits per heavy atom. The third kappa shape index (κ3) is 4.63. The van der Waals surface area contributed by atoms with E-state index in [2.05, 4.69) is 10.1 Å². The largest absolute Gasteiger partial charge is 0.507 e. The molecule has 0 unspecified atom stereocenters. The Morgan fingerprint density at radius 1 is 1.10 bits per heavy atom. The van der Waals surface area contributed by atoms with E-state index in [1.165, 1.54) is 57.9 Å². The molecule has 0 amide bonds. The van der Waals surface area contributed by atoms with Crippen LogP contribution in [0.4, 0.5) is 0 Å². The van der Waals surface area contributed by atoms with E-state index in [0.29, 0.717) is 10.8 Å². The van der Waals surface area contributed by atoms with Crippen LogP contribution >= 0.6 is 11.6 Å². The molecule has 2 heterocycles. The number of nitrogens with zero attached hydrogens (tertiary/aromatic N) is 4. The second-order valence-corrected chi connectivity index (χ2v) is 9.82. The van der Waals surface area contributed by atoms with Crippen molar-refractivity contribution in [1.82, 2.24) is 19.1 Å². The van der Waals surface area contributed by atoms with Crippen LogP contribution in [-0.4, -0.2) is 50.5 Å². The van der Waals surface area contributed by atoms with Crippen LogP contribution in [0.2, 0.25) is 5.02 Å². The van der Waals surface area contributed by atoms with Crippen LogP contribution < -0.4 is 0 Å². The summed E-state index contributed by atoms with van der Waals surface area (Å²) in [5.41, 5.74) is 0.283. The fourth-order valence-electron chi connectivity index (χ4n) is 3.34. The lowest BCUT2D eigenvalue weighted by Crippen LogP contribution is -2.41. The van der Waals surface area contributed by atoms with Crippen molar-refractivity contribution in [2.75, 3.05) is 0 Å². The average molecular weight is 463 g/mol. The summed E-state index contributed by atoms with van der Waals surface area (Å²) in [5, 5.41) is 14.4. The molecule has 0 aliphatic heterocycles. The first-order chi connectivity index (χ1) is 14.5. The van der Waals surface area contributed by atoms with Crippen molar-refractivity contribution >= 4 is 27.4 Å². The van der Waals surface area contributed by atoms with Gasteiger partial charge in [-0.05, 0) is 58.0 Å². The van der Waals surface area contributed by atoms with E-state index in [1.54, 1.807) is 0 Å². The van der Waals surface area contributed by atoms with E-state index in [-0.39, 0.29) is 33.9 Å². The number of hydrogen-bond donors (Lipinski definition) is 1. The molecule has 31 heavy (non-hydrogen) atoms. The highest BCUT2D eigenvalue weighted by Crippen LogP contribution is 2.25. The lowest BCUT2D eigenvalue weighted by Gasteiger charge is -2.29. The summed E-state index contributed by atoms with van der Waals surface area (Å²) >= 11 is 5.92. The summed E-state index contributed by atoms with van der Waals surface area (Å²) in [7, 11) is -3.70. The molecule has 1 N–H and O–H groups in total. The topological polar surface area (TPSA) is 105 Å². The molecule has 0 radical (unpaired) electrons. The Bertz CT molecular complexity index is 1200. The molecule has 8 nitrogen and oxygen atoms in total. The van der Waals surface area contributed by atoms with Crippen LogP contribution in [0.1, 0.15) is 43.6 Å². The molecule has 0 atom stereocenters. The highest BCUT2D eigenvalue weighted by Gasteiger charge is 2.29. The van der Waals surface area contributed by atoms with Gasteiger partial charge in [0.25, 0.3) is 0 Å². The number of phenolic OH excluding ortho intramolecular Hbond substituents is 1. The van der Waals surface area contributed by atoms with Crippen molar-refractivity contribution in [2.24, 2.45) is 0 Å². The molecule has 0 spiro atoms. The zero-order chi connectivity index (χ0) is 22.9. The standard InChI is InChI=1S/C21H23ClN4O4S/c1-13(2)26(14(3)4)31(29,30)17-6-8-20(23-11-17)25-12-15(10-24-25)21(28)18-9-16(22)5-7-19(18)27/h5-14,27H,1-4H3. The monoisotopic (exact) mass is 462 g/mol. The second kappa shape index (κ2) is 8.78. The van der Waals surface area contributed by atoms with Crippen molar-refractivity contribution in [2.45, 2.75) is 44.7 Å². The Kier molecular flexibility index (Phi) is 6.49. The number of aromatic nitrogens is 3. The fourth-order valence-corrected chi connectivity index (χ4v) is 5.30. The predicted molar refractivity (Wildman–Crippen MR) is 117 cm³/mol. The van der Waals surface area contributed by atoms with Gasteiger partial charge in [-0.15, -0.1) is 0 Å². The van der Waals surface area contributed by atoms with Crippen LogP contribution in [0.3, 0.4) is 0 Å². The molecule has 0 fully saturated rings. The van der Waals surface area contributed by atoms with E-state index in [9.17, 15) is 18.3 Å². The Morgan fingerprint density at radius 3 is 2.35 bits per heavy atom. The van der Waals surface area contributed by atoms with Gasteiger partial charge in [0.2, 0.25) is 10.0 Å². The summed E-state index contributed by atoms with van der Waals surface area (Å²) in [5.74, 6) is -0.293. The van der Waals surface area contributed by atoms with E-state index in [0.717, 1.165) is 0 Å². The number of benzene rings is 1. The molecule has 2 aromatic heterocycles. The molecule has 10 heteroatoms. The van der Waals surface area contributed by atoms with Gasteiger partial charge in [-0.1, -0.05) is 11.6 Å². The number of aromatic hydroxyl groups is 1. The smallest absolute Gasteiger partial charge is 0.245 e. The van der Waals surface area contributed by atoms with E-state index in [1.807, 2.05) is 27.7 Å². The number of hydrogen-bond acceptors (Lipinski definition) is 6. The molecule has 0 aliphatic rings. The van der Waals surface area contributed by atoms with Crippen LogP contribution in [0.25, 0.3) is 5.82 Å². The number of halogens is 1. The lowest BCUT2D eigenvalue weighted by molar-refractivity contribution is 0.103. The van der Waals surface area contributed by atoms with Crippen LogP contribution in [-0.2, 0) is 10.0 Å². The number of sulfonamides is 1. The molecular weight excluding hydrogens is 440 g/mol. The Labute approximate surface area is 186 Å². The molecule has 0 saturated heterocycles. The number of carbonyl (C=O) groups is 1. The summed E-state index contributed by atoms with van der Waals surface area (Å²) in [4.78, 5) is 17.0. The first kappa shape index (κ1) is 22.9. The highest BCUT2D eigenvalue weighted by atomic mass is 35.5. The molecule has 3 rings (SSSR count). The highest BCUT2D eigenvalue weighted by molar-refractivity contribution is 7.89. The number of pyridine rings is 1. The van der Waals surface area contributed by atoms with Crippen LogP contribution in [0.5, 0.6) is 5.75 Å². The summed E-state index contributed by atoms with van der Waals surface area (Å²) in [6.45, 7) is 7.28. The Balaban J connectivity index is 1.88. The van der Waals surface area contributed by atoms with Gasteiger partial charge in [-0.2, -0.15) is 9.40 Å². The van der Waals surface area contributed by atoms with Gasteiger partial charge in [0.15, 0.2) is 11.6 Å². The summed E-state index contributed by atoms with van der Waals surface area (Å²) < 4.78 is 28.7. The minimum Gasteiger partial charge on any atom is -0.507 e. The summed E-state index contributed by atoms with van der Waals surface area (Å²) in [6.07, 6.45) is 4.07. The Hall–Kier alpha value is -2.75. The zero-order valence-electron chi connectivity index (χ0n) is 17.5. The van der Waals surface area contributed by atoms with Gasteiger partial charge >= 0.3 is 0 Å². The number of carbonyl (C=O) groups excluding carboxylic acids is 1. The quantitative estimate of drug-likeness (QED) is 0.537. The molecule has 0 aliphatic carbocycles. The second-order valence-electron chi connectivity index (χ2n) is 7.54. The maximum atomic E-state index is 13.0. The summed E-state index contributed by atoms with van der Waals surface area (Å²) in [6, 6.07) is 6.78. The fraction of sp³-hybridized carbons (Fsp3) is 0.286. The van der Waals surface area contributed by atoms with Gasteiger partial charge < -0.3 is 5.11 Å². The van der Waals surface area contributed by atoms with E-state index >= 15 is 0 Å². The first-order valence-corrected chi connectivity index (χ1v) is 11.4. The molecule has 0 saturated carbocycles. The molecule has 0 bridgehead atoms. The molecular formula is C21H23ClN4O4S. The van der Waals surface area contributed by atoms with Crippen LogP contribution in [0.15, 0.2) is 53.8 Å². The SMILES string of the molecule is CC(C)N(C(C)C)S(=O)(=O)c1ccc(-n2cc(C(=O)c3cc(Cl)ccc3O)cn2)nc1. The third-order valence-electron chi connectivity index (χ3n) is 4.60. The van der Waals surface area contributed by atoms with Crippen molar-refractivity contribution in [1.29, 1.82) is 0 Å². The van der Waals surface area contributed by atoms with Crippen LogP contribution in [0, 0.1) is 0 Å².